The number of carboxylic acids is 1. The van der Waals surface area contributed by atoms with Gasteiger partial charge in [0.25, 0.3) is 0 Å². The van der Waals surface area contributed by atoms with Crippen LogP contribution in [0.2, 0.25) is 0 Å². The molecule has 1 saturated heterocycles. The van der Waals surface area contributed by atoms with E-state index >= 15 is 0 Å². The molecule has 1 atom stereocenters. The molecule has 1 aliphatic heterocycles. The number of hydrogen-bond acceptors (Lipinski definition) is 5. The van der Waals surface area contributed by atoms with Gasteiger partial charge in [0.05, 0.1) is 19.2 Å². The fourth-order valence-electron chi connectivity index (χ4n) is 2.00. The molecule has 10 heteroatoms. The summed E-state index contributed by atoms with van der Waals surface area (Å²) >= 11 is 0. The summed E-state index contributed by atoms with van der Waals surface area (Å²) in [5, 5.41) is 12.4. The van der Waals surface area contributed by atoms with E-state index in [1.54, 1.807) is 7.05 Å². The summed E-state index contributed by atoms with van der Waals surface area (Å²) in [6, 6.07) is -0.762. The molecule has 1 amide bonds. The summed E-state index contributed by atoms with van der Waals surface area (Å²) in [5.74, 6) is -1.26. The highest BCUT2D eigenvalue weighted by Gasteiger charge is 2.33. The molecule has 21 heavy (non-hydrogen) atoms. The Kier molecular flexibility index (Phi) is 4.28. The third kappa shape index (κ3) is 3.58. The van der Waals surface area contributed by atoms with Crippen LogP contribution in [-0.2, 0) is 26.2 Å². The first-order chi connectivity index (χ1) is 9.79. The Balaban J connectivity index is 2.06. The van der Waals surface area contributed by atoms with Crippen molar-refractivity contribution in [1.82, 2.24) is 19.4 Å². The highest BCUT2D eigenvalue weighted by molar-refractivity contribution is 7.89. The second-order valence-corrected chi connectivity index (χ2v) is 6.52. The lowest BCUT2D eigenvalue weighted by molar-refractivity contribution is -0.137. The van der Waals surface area contributed by atoms with Crippen LogP contribution in [0.25, 0.3) is 0 Å². The fraction of sp³-hybridized carbons (Fsp3) is 0.545. The number of carboxylic acid groups (broad SMARTS) is 1. The van der Waals surface area contributed by atoms with E-state index in [9.17, 15) is 18.0 Å². The number of nitrogens with one attached hydrogen (secondary N) is 1. The molecule has 0 radical (unpaired) electrons. The Labute approximate surface area is 121 Å². The second-order valence-electron chi connectivity index (χ2n) is 4.81. The third-order valence-electron chi connectivity index (χ3n) is 3.20. The van der Waals surface area contributed by atoms with Gasteiger partial charge in [-0.25, -0.2) is 8.42 Å². The number of aromatic nitrogens is 2. The van der Waals surface area contributed by atoms with Gasteiger partial charge in [0.1, 0.15) is 10.9 Å². The van der Waals surface area contributed by atoms with Gasteiger partial charge in [0.2, 0.25) is 15.9 Å². The van der Waals surface area contributed by atoms with E-state index < -0.39 is 22.0 Å². The monoisotopic (exact) mass is 316 g/mol. The maximum Gasteiger partial charge on any atom is 0.305 e. The third-order valence-corrected chi connectivity index (χ3v) is 4.63. The smallest absolute Gasteiger partial charge is 0.305 e. The van der Waals surface area contributed by atoms with E-state index in [1.807, 2.05) is 0 Å². The molecule has 116 valence electrons. The summed E-state index contributed by atoms with van der Waals surface area (Å²) in [7, 11) is -2.23. The number of amides is 1. The molecule has 0 spiro atoms. The quantitative estimate of drug-likeness (QED) is 0.684. The van der Waals surface area contributed by atoms with Crippen LogP contribution in [0, 0.1) is 0 Å². The zero-order valence-corrected chi connectivity index (χ0v) is 12.2. The van der Waals surface area contributed by atoms with Crippen molar-refractivity contribution in [2.24, 2.45) is 0 Å². The van der Waals surface area contributed by atoms with Crippen LogP contribution in [0.4, 0.5) is 0 Å². The molecule has 1 aromatic rings. The molecule has 1 fully saturated rings. The van der Waals surface area contributed by atoms with Crippen molar-refractivity contribution >= 4 is 21.9 Å². The minimum Gasteiger partial charge on any atom is -0.481 e. The van der Waals surface area contributed by atoms with E-state index in [4.69, 9.17) is 5.11 Å². The van der Waals surface area contributed by atoms with Gasteiger partial charge in [-0.1, -0.05) is 0 Å². The number of aryl methyl sites for hydroxylation is 1. The van der Waals surface area contributed by atoms with E-state index in [1.165, 1.54) is 15.8 Å². The normalized spacial score (nSPS) is 19.2. The standard InChI is InChI=1S/C11H16N4O5S/c1-14-4-2-9(11(14)18)13-21(19,20)8-6-12-15(7-8)5-3-10(16)17/h6-7,9,13H,2-5H2,1H3,(H,16,17). The molecular weight excluding hydrogens is 300 g/mol. The first-order valence-electron chi connectivity index (χ1n) is 6.31. The maximum absolute atomic E-state index is 12.1. The number of hydrogen-bond donors (Lipinski definition) is 2. The van der Waals surface area contributed by atoms with Crippen molar-refractivity contribution in [3.8, 4) is 0 Å². The predicted molar refractivity (Wildman–Crippen MR) is 70.8 cm³/mol. The minimum atomic E-state index is -3.85. The number of likely N-dealkylation sites (N-methyl/N-ethyl adjacent to an activating group) is 1. The van der Waals surface area contributed by atoms with E-state index in [0.29, 0.717) is 13.0 Å². The van der Waals surface area contributed by atoms with Crippen molar-refractivity contribution in [2.75, 3.05) is 13.6 Å². The molecular formula is C11H16N4O5S. The Hall–Kier alpha value is -1.94. The number of likely N-dealkylation sites (tertiary alicyclic amines) is 1. The Morgan fingerprint density at radius 3 is 2.86 bits per heavy atom. The number of aliphatic carboxylic acids is 1. The average molecular weight is 316 g/mol. The molecule has 0 bridgehead atoms. The molecule has 0 saturated carbocycles. The number of nitrogens with zero attached hydrogens (tertiary/aromatic N) is 3. The van der Waals surface area contributed by atoms with Gasteiger partial charge in [0, 0.05) is 19.8 Å². The van der Waals surface area contributed by atoms with Crippen molar-refractivity contribution in [1.29, 1.82) is 0 Å². The van der Waals surface area contributed by atoms with Crippen molar-refractivity contribution < 1.29 is 23.1 Å². The zero-order chi connectivity index (χ0) is 15.6. The van der Waals surface area contributed by atoms with Gasteiger partial charge in [-0.2, -0.15) is 9.82 Å². The second kappa shape index (κ2) is 5.82. The Morgan fingerprint density at radius 2 is 2.29 bits per heavy atom. The number of carbonyl (C=O) groups is 2. The van der Waals surface area contributed by atoms with Crippen LogP contribution >= 0.6 is 0 Å². The van der Waals surface area contributed by atoms with Gasteiger partial charge in [-0.15, -0.1) is 0 Å². The molecule has 0 aliphatic carbocycles. The van der Waals surface area contributed by atoms with E-state index in [-0.39, 0.29) is 23.8 Å². The molecule has 1 unspecified atom stereocenters. The molecule has 2 rings (SSSR count). The van der Waals surface area contributed by atoms with Crippen LogP contribution in [0.1, 0.15) is 12.8 Å². The summed E-state index contributed by atoms with van der Waals surface area (Å²) in [5.41, 5.74) is 0. The van der Waals surface area contributed by atoms with Crippen LogP contribution < -0.4 is 4.72 Å². The molecule has 1 aromatic heterocycles. The molecule has 0 aromatic carbocycles. The summed E-state index contributed by atoms with van der Waals surface area (Å²) in [6.07, 6.45) is 2.64. The van der Waals surface area contributed by atoms with Crippen LogP contribution in [0.15, 0.2) is 17.3 Å². The first kappa shape index (κ1) is 15.4. The van der Waals surface area contributed by atoms with E-state index in [2.05, 4.69) is 9.82 Å². The molecule has 1 aliphatic rings. The molecule has 2 N–H and O–H groups in total. The van der Waals surface area contributed by atoms with Gasteiger partial charge < -0.3 is 10.0 Å². The largest absolute Gasteiger partial charge is 0.481 e. The average Bonchev–Trinajstić information content (AvgIpc) is 2.99. The van der Waals surface area contributed by atoms with Gasteiger partial charge in [-0.3, -0.25) is 14.3 Å². The van der Waals surface area contributed by atoms with Crippen LogP contribution in [-0.4, -0.2) is 59.7 Å². The van der Waals surface area contributed by atoms with E-state index in [0.717, 1.165) is 6.20 Å². The zero-order valence-electron chi connectivity index (χ0n) is 11.4. The summed E-state index contributed by atoms with van der Waals surface area (Å²) < 4.78 is 27.9. The minimum absolute atomic E-state index is 0.0793. The lowest BCUT2D eigenvalue weighted by Crippen LogP contribution is -2.40. The number of carbonyl (C=O) groups excluding carboxylic acids is 1. The number of sulfonamides is 1. The Bertz CT molecular complexity index is 653. The SMILES string of the molecule is CN1CCC(NS(=O)(=O)c2cnn(CCC(=O)O)c2)C1=O. The topological polar surface area (TPSA) is 122 Å². The van der Waals surface area contributed by atoms with Crippen molar-refractivity contribution in [3.05, 3.63) is 12.4 Å². The molecule has 9 nitrogen and oxygen atoms in total. The lowest BCUT2D eigenvalue weighted by Gasteiger charge is -2.11. The van der Waals surface area contributed by atoms with Gasteiger partial charge in [-0.05, 0) is 6.42 Å². The predicted octanol–water partition coefficient (Wildman–Crippen LogP) is -1.13. The van der Waals surface area contributed by atoms with Crippen LogP contribution in [0.5, 0.6) is 0 Å². The van der Waals surface area contributed by atoms with Gasteiger partial charge in [0.15, 0.2) is 0 Å². The summed E-state index contributed by atoms with van der Waals surface area (Å²) in [4.78, 5) is 23.5. The van der Waals surface area contributed by atoms with Crippen molar-refractivity contribution in [3.63, 3.8) is 0 Å². The summed E-state index contributed by atoms with van der Waals surface area (Å²) in [6.45, 7) is 0.583. The van der Waals surface area contributed by atoms with Crippen molar-refractivity contribution in [2.45, 2.75) is 30.3 Å². The van der Waals surface area contributed by atoms with Gasteiger partial charge >= 0.3 is 5.97 Å². The Morgan fingerprint density at radius 1 is 1.57 bits per heavy atom. The highest BCUT2D eigenvalue weighted by Crippen LogP contribution is 2.14. The highest BCUT2D eigenvalue weighted by atomic mass is 32.2. The number of rotatable bonds is 6. The lowest BCUT2D eigenvalue weighted by atomic mass is 10.3. The fourth-order valence-corrected chi connectivity index (χ4v) is 3.18. The molecule has 2 heterocycles. The first-order valence-corrected chi connectivity index (χ1v) is 7.79. The maximum atomic E-state index is 12.1. The van der Waals surface area contributed by atoms with Crippen LogP contribution in [0.3, 0.4) is 0 Å².